The van der Waals surface area contributed by atoms with Crippen LogP contribution in [0.25, 0.3) is 10.1 Å². The van der Waals surface area contributed by atoms with E-state index in [1.165, 1.54) is 15.6 Å². The van der Waals surface area contributed by atoms with E-state index in [0.29, 0.717) is 0 Å². The third-order valence-corrected chi connectivity index (χ3v) is 4.05. The molecule has 2 aromatic heterocycles. The van der Waals surface area contributed by atoms with E-state index >= 15 is 0 Å². The number of hydrogen-bond donors (Lipinski definition) is 2. The van der Waals surface area contributed by atoms with Crippen molar-refractivity contribution in [1.82, 2.24) is 4.98 Å². The number of nitrogens with two attached hydrogens (primary N) is 1. The first-order valence-corrected chi connectivity index (χ1v) is 7.06. The maximum Gasteiger partial charge on any atom is 0.135 e. The van der Waals surface area contributed by atoms with Crippen LogP contribution in [-0.4, -0.2) is 4.98 Å². The molecule has 0 amide bonds. The molecule has 1 atom stereocenters. The highest BCUT2D eigenvalue weighted by Crippen LogP contribution is 2.28. The lowest BCUT2D eigenvalue weighted by Crippen LogP contribution is -2.08. The SMILES string of the molecule is CC(Nc1nccc2sccc12)c1ccc(N)cc1. The van der Waals surface area contributed by atoms with E-state index in [2.05, 4.69) is 28.7 Å². The number of pyridine rings is 1. The van der Waals surface area contributed by atoms with Crippen LogP contribution in [0.3, 0.4) is 0 Å². The van der Waals surface area contributed by atoms with Crippen molar-refractivity contribution in [3.8, 4) is 0 Å². The zero-order chi connectivity index (χ0) is 13.2. The molecule has 3 aromatic rings. The molecule has 0 aliphatic rings. The zero-order valence-electron chi connectivity index (χ0n) is 10.6. The van der Waals surface area contributed by atoms with Gasteiger partial charge in [-0.05, 0) is 42.1 Å². The molecule has 3 rings (SSSR count). The number of nitrogens with one attached hydrogen (secondary N) is 1. The fraction of sp³-hybridized carbons (Fsp3) is 0.133. The third-order valence-electron chi connectivity index (χ3n) is 3.17. The highest BCUT2D eigenvalue weighted by molar-refractivity contribution is 7.17. The summed E-state index contributed by atoms with van der Waals surface area (Å²) in [4.78, 5) is 4.43. The van der Waals surface area contributed by atoms with Gasteiger partial charge in [0.2, 0.25) is 0 Å². The van der Waals surface area contributed by atoms with Gasteiger partial charge < -0.3 is 11.1 Å². The number of nitrogens with zero attached hydrogens (tertiary/aromatic N) is 1. The summed E-state index contributed by atoms with van der Waals surface area (Å²) in [6.07, 6.45) is 1.84. The van der Waals surface area contributed by atoms with Crippen LogP contribution in [0.1, 0.15) is 18.5 Å². The predicted molar refractivity (Wildman–Crippen MR) is 82.5 cm³/mol. The van der Waals surface area contributed by atoms with E-state index in [1.54, 1.807) is 11.3 Å². The third kappa shape index (κ3) is 2.39. The number of nitrogen functional groups attached to an aromatic ring is 1. The Kier molecular flexibility index (Phi) is 3.09. The fourth-order valence-electron chi connectivity index (χ4n) is 2.08. The molecule has 1 unspecified atom stereocenters. The second-order valence-electron chi connectivity index (χ2n) is 4.52. The van der Waals surface area contributed by atoms with Gasteiger partial charge in [-0.3, -0.25) is 0 Å². The van der Waals surface area contributed by atoms with Gasteiger partial charge in [0.25, 0.3) is 0 Å². The Morgan fingerprint density at radius 3 is 2.74 bits per heavy atom. The van der Waals surface area contributed by atoms with Crippen molar-refractivity contribution in [2.75, 3.05) is 11.1 Å². The Bertz CT molecular complexity index is 688. The van der Waals surface area contributed by atoms with Gasteiger partial charge in [-0.25, -0.2) is 4.98 Å². The molecule has 0 saturated heterocycles. The van der Waals surface area contributed by atoms with Crippen LogP contribution >= 0.6 is 11.3 Å². The molecule has 1 aromatic carbocycles. The molecule has 4 heteroatoms. The summed E-state index contributed by atoms with van der Waals surface area (Å²) in [5.74, 6) is 0.933. The van der Waals surface area contributed by atoms with Crippen molar-refractivity contribution in [3.05, 3.63) is 53.5 Å². The topological polar surface area (TPSA) is 50.9 Å². The molecule has 0 saturated carbocycles. The van der Waals surface area contributed by atoms with Gasteiger partial charge in [-0.15, -0.1) is 11.3 Å². The minimum absolute atomic E-state index is 0.193. The highest BCUT2D eigenvalue weighted by Gasteiger charge is 2.09. The smallest absolute Gasteiger partial charge is 0.135 e. The lowest BCUT2D eigenvalue weighted by atomic mass is 10.1. The lowest BCUT2D eigenvalue weighted by molar-refractivity contribution is 0.878. The molecule has 0 fully saturated rings. The predicted octanol–water partition coefficient (Wildman–Crippen LogP) is 4.05. The second-order valence-corrected chi connectivity index (χ2v) is 5.47. The molecule has 0 aliphatic heterocycles. The number of hydrogen-bond acceptors (Lipinski definition) is 4. The molecule has 0 spiro atoms. The number of fused-ring (bicyclic) bond motifs is 1. The monoisotopic (exact) mass is 269 g/mol. The van der Waals surface area contributed by atoms with Gasteiger partial charge in [-0.1, -0.05) is 12.1 Å². The van der Waals surface area contributed by atoms with Gasteiger partial charge in [0.1, 0.15) is 5.82 Å². The minimum Gasteiger partial charge on any atom is -0.399 e. The van der Waals surface area contributed by atoms with Gasteiger partial charge in [0, 0.05) is 28.0 Å². The first kappa shape index (κ1) is 12.0. The van der Waals surface area contributed by atoms with Gasteiger partial charge in [0.15, 0.2) is 0 Å². The first-order valence-electron chi connectivity index (χ1n) is 6.18. The molecule has 0 bridgehead atoms. The summed E-state index contributed by atoms with van der Waals surface area (Å²) in [5.41, 5.74) is 7.69. The largest absolute Gasteiger partial charge is 0.399 e. The minimum atomic E-state index is 0.193. The summed E-state index contributed by atoms with van der Waals surface area (Å²) >= 11 is 1.73. The van der Waals surface area contributed by atoms with E-state index in [0.717, 1.165) is 11.5 Å². The Balaban J connectivity index is 1.88. The summed E-state index contributed by atoms with van der Waals surface area (Å²) in [7, 11) is 0. The lowest BCUT2D eigenvalue weighted by Gasteiger charge is -2.15. The molecule has 19 heavy (non-hydrogen) atoms. The number of benzene rings is 1. The fourth-order valence-corrected chi connectivity index (χ4v) is 2.86. The summed E-state index contributed by atoms with van der Waals surface area (Å²) < 4.78 is 1.25. The molecule has 3 nitrogen and oxygen atoms in total. The van der Waals surface area contributed by atoms with Crippen molar-refractivity contribution in [3.63, 3.8) is 0 Å². The average Bonchev–Trinajstić information content (AvgIpc) is 2.89. The van der Waals surface area contributed by atoms with E-state index in [4.69, 9.17) is 5.73 Å². The summed E-state index contributed by atoms with van der Waals surface area (Å²) in [6, 6.07) is 12.3. The summed E-state index contributed by atoms with van der Waals surface area (Å²) in [5, 5.41) is 6.73. The standard InChI is InChI=1S/C15H15N3S/c1-10(11-2-4-12(16)5-3-11)18-15-13-7-9-19-14(13)6-8-17-15/h2-10H,16H2,1H3,(H,17,18). The molecular weight excluding hydrogens is 254 g/mol. The number of anilines is 2. The van der Waals surface area contributed by atoms with Gasteiger partial charge >= 0.3 is 0 Å². The Morgan fingerprint density at radius 2 is 1.95 bits per heavy atom. The highest BCUT2D eigenvalue weighted by atomic mass is 32.1. The van der Waals surface area contributed by atoms with Crippen LogP contribution in [0.5, 0.6) is 0 Å². The van der Waals surface area contributed by atoms with Crippen LogP contribution in [0.4, 0.5) is 11.5 Å². The number of rotatable bonds is 3. The maximum absolute atomic E-state index is 5.71. The van der Waals surface area contributed by atoms with Crippen molar-refractivity contribution in [1.29, 1.82) is 0 Å². The zero-order valence-corrected chi connectivity index (χ0v) is 11.4. The van der Waals surface area contributed by atoms with Crippen molar-refractivity contribution < 1.29 is 0 Å². The van der Waals surface area contributed by atoms with E-state index in [9.17, 15) is 0 Å². The first-order chi connectivity index (χ1) is 9.24. The van der Waals surface area contributed by atoms with Crippen LogP contribution in [0, 0.1) is 0 Å². The molecule has 96 valence electrons. The quantitative estimate of drug-likeness (QED) is 0.705. The normalized spacial score (nSPS) is 12.5. The van der Waals surface area contributed by atoms with E-state index < -0.39 is 0 Å². The van der Waals surface area contributed by atoms with Crippen molar-refractivity contribution in [2.24, 2.45) is 0 Å². The average molecular weight is 269 g/mol. The van der Waals surface area contributed by atoms with Crippen LogP contribution in [-0.2, 0) is 0 Å². The Labute approximate surface area is 116 Å². The number of aromatic nitrogens is 1. The van der Waals surface area contributed by atoms with E-state index in [-0.39, 0.29) is 6.04 Å². The number of thiophene rings is 1. The van der Waals surface area contributed by atoms with E-state index in [1.807, 2.05) is 36.5 Å². The summed E-state index contributed by atoms with van der Waals surface area (Å²) in [6.45, 7) is 2.12. The van der Waals surface area contributed by atoms with Gasteiger partial charge in [-0.2, -0.15) is 0 Å². The van der Waals surface area contributed by atoms with Crippen LogP contribution in [0.15, 0.2) is 48.0 Å². The van der Waals surface area contributed by atoms with Crippen LogP contribution < -0.4 is 11.1 Å². The molecule has 0 radical (unpaired) electrons. The molecule has 0 aliphatic carbocycles. The molecular formula is C15H15N3S. The molecule has 3 N–H and O–H groups in total. The second kappa shape index (κ2) is 4.90. The van der Waals surface area contributed by atoms with Crippen molar-refractivity contribution >= 4 is 32.9 Å². The van der Waals surface area contributed by atoms with Gasteiger partial charge in [0.05, 0.1) is 0 Å². The Hall–Kier alpha value is -2.07. The van der Waals surface area contributed by atoms with Crippen LogP contribution in [0.2, 0.25) is 0 Å². The molecule has 2 heterocycles. The maximum atomic E-state index is 5.71. The Morgan fingerprint density at radius 1 is 1.16 bits per heavy atom. The van der Waals surface area contributed by atoms with Crippen molar-refractivity contribution in [2.45, 2.75) is 13.0 Å².